The quantitative estimate of drug-likeness (QED) is 0.331. The maximum Gasteiger partial charge on any atom is 0.408 e. The number of rotatable bonds is 2. The van der Waals surface area contributed by atoms with Crippen LogP contribution in [0.4, 0.5) is 4.79 Å². The van der Waals surface area contributed by atoms with Gasteiger partial charge in [0.25, 0.3) is 5.91 Å². The van der Waals surface area contributed by atoms with Crippen molar-refractivity contribution < 1.29 is 14.3 Å². The van der Waals surface area contributed by atoms with Crippen LogP contribution >= 0.6 is 0 Å². The fourth-order valence-corrected chi connectivity index (χ4v) is 0.675. The van der Waals surface area contributed by atoms with Crippen LogP contribution in [0.15, 0.2) is 0 Å². The second kappa shape index (κ2) is 4.80. The first-order valence-electron chi connectivity index (χ1n) is 4.26. The van der Waals surface area contributed by atoms with E-state index < -0.39 is 23.6 Å². The number of amides is 2. The van der Waals surface area contributed by atoms with Gasteiger partial charge in [-0.15, -0.1) is 0 Å². The third-order valence-electron chi connectivity index (χ3n) is 1.27. The second-order valence-electron chi connectivity index (χ2n) is 3.88. The second-order valence-corrected chi connectivity index (χ2v) is 3.88. The molecular formula is C8H17N3O3. The molecule has 0 aliphatic carbocycles. The van der Waals surface area contributed by atoms with Gasteiger partial charge < -0.3 is 10.1 Å². The van der Waals surface area contributed by atoms with E-state index in [9.17, 15) is 9.59 Å². The Bertz CT molecular complexity index is 222. The topological polar surface area (TPSA) is 93.4 Å². The first-order chi connectivity index (χ1) is 6.26. The fraction of sp³-hybridized carbons (Fsp3) is 0.750. The number of hydrogen-bond acceptors (Lipinski definition) is 4. The molecule has 82 valence electrons. The lowest BCUT2D eigenvalue weighted by Gasteiger charge is -2.21. The molecule has 4 N–H and O–H groups in total. The maximum absolute atomic E-state index is 11.1. The number of alkyl carbamates (subject to hydrolysis) is 1. The Morgan fingerprint density at radius 1 is 1.36 bits per heavy atom. The van der Waals surface area contributed by atoms with Crippen molar-refractivity contribution in [2.75, 3.05) is 0 Å². The minimum absolute atomic E-state index is 0.476. The molecule has 0 rings (SSSR count). The Morgan fingerprint density at radius 3 is 2.21 bits per heavy atom. The number of carbonyl (C=O) groups excluding carboxylic acids is 2. The normalized spacial score (nSPS) is 12.9. The van der Waals surface area contributed by atoms with Crippen LogP contribution in [0, 0.1) is 0 Å². The highest BCUT2D eigenvalue weighted by atomic mass is 16.6. The summed E-state index contributed by atoms with van der Waals surface area (Å²) in [6.45, 7) is 6.72. The van der Waals surface area contributed by atoms with Gasteiger partial charge in [0.2, 0.25) is 0 Å². The number of carbonyl (C=O) groups is 2. The van der Waals surface area contributed by atoms with Crippen molar-refractivity contribution in [2.45, 2.75) is 39.3 Å². The smallest absolute Gasteiger partial charge is 0.408 e. The number of hydrazine groups is 1. The average Bonchev–Trinajstić information content (AvgIpc) is 1.99. The zero-order valence-electron chi connectivity index (χ0n) is 8.88. The van der Waals surface area contributed by atoms with Crippen LogP contribution < -0.4 is 16.6 Å². The predicted molar refractivity (Wildman–Crippen MR) is 51.2 cm³/mol. The Labute approximate surface area is 83.1 Å². The molecule has 0 saturated heterocycles. The van der Waals surface area contributed by atoms with Crippen molar-refractivity contribution in [1.82, 2.24) is 10.7 Å². The van der Waals surface area contributed by atoms with Crippen molar-refractivity contribution in [3.8, 4) is 0 Å². The number of hydrogen-bond donors (Lipinski definition) is 3. The van der Waals surface area contributed by atoms with E-state index in [0.29, 0.717) is 0 Å². The molecule has 0 fully saturated rings. The summed E-state index contributed by atoms with van der Waals surface area (Å²) in [5, 5.41) is 2.33. The summed E-state index contributed by atoms with van der Waals surface area (Å²) < 4.78 is 4.93. The molecule has 0 spiro atoms. The minimum atomic E-state index is -0.713. The highest BCUT2D eigenvalue weighted by Gasteiger charge is 2.20. The van der Waals surface area contributed by atoms with Gasteiger partial charge in [-0.3, -0.25) is 10.2 Å². The lowest BCUT2D eigenvalue weighted by Crippen LogP contribution is -2.48. The molecule has 2 amide bonds. The van der Waals surface area contributed by atoms with E-state index in [4.69, 9.17) is 10.6 Å². The molecule has 0 aromatic heterocycles. The zero-order chi connectivity index (χ0) is 11.4. The van der Waals surface area contributed by atoms with E-state index in [-0.39, 0.29) is 0 Å². The van der Waals surface area contributed by atoms with Gasteiger partial charge in [-0.05, 0) is 27.7 Å². The fourth-order valence-electron chi connectivity index (χ4n) is 0.675. The van der Waals surface area contributed by atoms with Gasteiger partial charge >= 0.3 is 6.09 Å². The summed E-state index contributed by atoms with van der Waals surface area (Å²) in [5.41, 5.74) is 1.34. The van der Waals surface area contributed by atoms with Gasteiger partial charge in [0.1, 0.15) is 11.6 Å². The number of nitrogens with two attached hydrogens (primary N) is 1. The Morgan fingerprint density at radius 2 is 1.86 bits per heavy atom. The van der Waals surface area contributed by atoms with Gasteiger partial charge in [0.15, 0.2) is 0 Å². The Balaban J connectivity index is 4.01. The summed E-state index contributed by atoms with van der Waals surface area (Å²) in [4.78, 5) is 22.0. The van der Waals surface area contributed by atoms with Crippen LogP contribution in [0.1, 0.15) is 27.7 Å². The van der Waals surface area contributed by atoms with Crippen molar-refractivity contribution in [1.29, 1.82) is 0 Å². The molecule has 0 aliphatic rings. The molecule has 1 atom stereocenters. The van der Waals surface area contributed by atoms with Gasteiger partial charge in [0, 0.05) is 0 Å². The third-order valence-corrected chi connectivity index (χ3v) is 1.27. The highest BCUT2D eigenvalue weighted by molar-refractivity contribution is 5.84. The molecular weight excluding hydrogens is 186 g/mol. The summed E-state index contributed by atoms with van der Waals surface area (Å²) in [5.74, 6) is 4.41. The molecule has 0 heterocycles. The van der Waals surface area contributed by atoms with Crippen molar-refractivity contribution in [2.24, 2.45) is 5.84 Å². The summed E-state index contributed by atoms with van der Waals surface area (Å²) in [7, 11) is 0. The monoisotopic (exact) mass is 203 g/mol. The van der Waals surface area contributed by atoms with E-state index in [1.54, 1.807) is 20.8 Å². The molecule has 6 nitrogen and oxygen atoms in total. The molecule has 0 radical (unpaired) electrons. The molecule has 0 bridgehead atoms. The minimum Gasteiger partial charge on any atom is -0.444 e. The van der Waals surface area contributed by atoms with Crippen LogP contribution in [-0.2, 0) is 9.53 Å². The van der Waals surface area contributed by atoms with Gasteiger partial charge in [-0.25, -0.2) is 10.6 Å². The molecule has 1 unspecified atom stereocenters. The molecule has 0 aromatic carbocycles. The van der Waals surface area contributed by atoms with Gasteiger partial charge in [-0.2, -0.15) is 0 Å². The van der Waals surface area contributed by atoms with Crippen molar-refractivity contribution >= 4 is 12.0 Å². The van der Waals surface area contributed by atoms with Crippen LogP contribution in [-0.4, -0.2) is 23.6 Å². The SMILES string of the molecule is CC(NC(=O)OC(C)(C)C)C(=O)NN. The third kappa shape index (κ3) is 5.36. The van der Waals surface area contributed by atoms with Crippen molar-refractivity contribution in [3.05, 3.63) is 0 Å². The summed E-state index contributed by atoms with van der Waals surface area (Å²) in [6, 6.07) is -0.713. The largest absolute Gasteiger partial charge is 0.444 e. The van der Waals surface area contributed by atoms with E-state index in [1.165, 1.54) is 6.92 Å². The van der Waals surface area contributed by atoms with Crippen molar-refractivity contribution in [3.63, 3.8) is 0 Å². The van der Waals surface area contributed by atoms with Crippen LogP contribution in [0.25, 0.3) is 0 Å². The average molecular weight is 203 g/mol. The van der Waals surface area contributed by atoms with Crippen LogP contribution in [0.5, 0.6) is 0 Å². The predicted octanol–water partition coefficient (Wildman–Crippen LogP) is -0.110. The first kappa shape index (κ1) is 12.7. The number of nitrogens with one attached hydrogen (secondary N) is 2. The zero-order valence-corrected chi connectivity index (χ0v) is 8.88. The first-order valence-corrected chi connectivity index (χ1v) is 4.26. The number of ether oxygens (including phenoxy) is 1. The van der Waals surface area contributed by atoms with Crippen LogP contribution in [0.3, 0.4) is 0 Å². The molecule has 0 aromatic rings. The highest BCUT2D eigenvalue weighted by Crippen LogP contribution is 2.06. The Hall–Kier alpha value is -1.30. The lowest BCUT2D eigenvalue weighted by atomic mass is 10.2. The lowest BCUT2D eigenvalue weighted by molar-refractivity contribution is -0.122. The van der Waals surface area contributed by atoms with Crippen LogP contribution in [0.2, 0.25) is 0 Å². The Kier molecular flexibility index (Phi) is 4.36. The van der Waals surface area contributed by atoms with E-state index in [0.717, 1.165) is 0 Å². The standard InChI is InChI=1S/C8H17N3O3/c1-5(6(12)11-9)10-7(13)14-8(2,3)4/h5H,9H2,1-4H3,(H,10,13)(H,11,12). The maximum atomic E-state index is 11.1. The van der Waals surface area contributed by atoms with E-state index in [2.05, 4.69) is 5.32 Å². The molecule has 0 aliphatic heterocycles. The van der Waals surface area contributed by atoms with Gasteiger partial charge in [-0.1, -0.05) is 0 Å². The molecule has 14 heavy (non-hydrogen) atoms. The van der Waals surface area contributed by atoms with E-state index >= 15 is 0 Å². The van der Waals surface area contributed by atoms with E-state index in [1.807, 2.05) is 5.43 Å². The summed E-state index contributed by atoms with van der Waals surface area (Å²) in [6.07, 6.45) is -0.645. The molecule has 6 heteroatoms. The summed E-state index contributed by atoms with van der Waals surface area (Å²) >= 11 is 0. The van der Waals surface area contributed by atoms with Gasteiger partial charge in [0.05, 0.1) is 0 Å². The molecule has 0 saturated carbocycles.